The van der Waals surface area contributed by atoms with E-state index in [9.17, 15) is 19.7 Å². The Kier molecular flexibility index (Phi) is 6.28. The van der Waals surface area contributed by atoms with Crippen molar-refractivity contribution in [3.8, 4) is 0 Å². The minimum atomic E-state index is -0.952. The minimum Gasteiger partial charge on any atom is -0.452 e. The molecule has 0 fully saturated rings. The van der Waals surface area contributed by atoms with E-state index in [2.05, 4.69) is 5.32 Å². The monoisotopic (exact) mass is 368 g/mol. The Balaban J connectivity index is 1.84. The highest BCUT2D eigenvalue weighted by Gasteiger charge is 2.22. The van der Waals surface area contributed by atoms with Gasteiger partial charge >= 0.3 is 5.97 Å². The number of hydrogen-bond donors (Lipinski definition) is 1. The van der Waals surface area contributed by atoms with Crippen LogP contribution in [0.3, 0.4) is 0 Å². The molecular formula is C15H13ClN2O5S. The molecule has 0 saturated carbocycles. The van der Waals surface area contributed by atoms with Crippen molar-refractivity contribution >= 4 is 40.5 Å². The van der Waals surface area contributed by atoms with Gasteiger partial charge in [0.1, 0.15) is 5.56 Å². The van der Waals surface area contributed by atoms with Gasteiger partial charge in [-0.15, -0.1) is 11.3 Å². The van der Waals surface area contributed by atoms with Crippen LogP contribution in [0.5, 0.6) is 0 Å². The van der Waals surface area contributed by atoms with E-state index in [-0.39, 0.29) is 10.6 Å². The van der Waals surface area contributed by atoms with Crippen molar-refractivity contribution in [1.82, 2.24) is 5.32 Å². The Morgan fingerprint density at radius 3 is 2.79 bits per heavy atom. The van der Waals surface area contributed by atoms with Crippen molar-refractivity contribution in [2.24, 2.45) is 0 Å². The van der Waals surface area contributed by atoms with E-state index >= 15 is 0 Å². The highest BCUT2D eigenvalue weighted by Crippen LogP contribution is 2.23. The first kappa shape index (κ1) is 17.9. The lowest BCUT2D eigenvalue weighted by atomic mass is 10.2. The minimum absolute atomic E-state index is 0.129. The molecule has 1 heterocycles. The molecule has 2 rings (SSSR count). The Morgan fingerprint density at radius 1 is 1.33 bits per heavy atom. The van der Waals surface area contributed by atoms with Crippen molar-refractivity contribution in [1.29, 1.82) is 0 Å². The number of carbonyl (C=O) groups excluding carboxylic acids is 2. The summed E-state index contributed by atoms with van der Waals surface area (Å²) < 4.78 is 4.81. The molecule has 0 radical (unpaired) electrons. The number of carbonyl (C=O) groups is 2. The lowest BCUT2D eigenvalue weighted by Gasteiger charge is -2.06. The number of rotatable bonds is 7. The average molecular weight is 369 g/mol. The maximum atomic E-state index is 11.9. The Morgan fingerprint density at radius 2 is 2.12 bits per heavy atom. The number of nitro benzene ring substituents is 1. The molecule has 24 heavy (non-hydrogen) atoms. The van der Waals surface area contributed by atoms with E-state index in [4.69, 9.17) is 16.3 Å². The third kappa shape index (κ3) is 5.04. The predicted octanol–water partition coefficient (Wildman–Crippen LogP) is 2.83. The molecule has 0 aliphatic carbocycles. The van der Waals surface area contributed by atoms with Crippen LogP contribution in [0.2, 0.25) is 5.02 Å². The summed E-state index contributed by atoms with van der Waals surface area (Å²) >= 11 is 7.26. The van der Waals surface area contributed by atoms with E-state index in [1.165, 1.54) is 12.1 Å². The SMILES string of the molecule is O=C(COC(=O)c1ccc(Cl)cc1[N+](=O)[O-])NCCc1cccs1. The number of amides is 1. The maximum Gasteiger partial charge on any atom is 0.345 e. The van der Waals surface area contributed by atoms with Crippen LogP contribution >= 0.6 is 22.9 Å². The second-order valence-corrected chi connectivity index (χ2v) is 6.14. The van der Waals surface area contributed by atoms with Crippen LogP contribution in [0, 0.1) is 10.1 Å². The van der Waals surface area contributed by atoms with E-state index in [0.29, 0.717) is 13.0 Å². The Bertz CT molecular complexity index is 748. The number of hydrogen-bond acceptors (Lipinski definition) is 6. The van der Waals surface area contributed by atoms with Crippen molar-refractivity contribution in [3.05, 3.63) is 61.3 Å². The quantitative estimate of drug-likeness (QED) is 0.460. The summed E-state index contributed by atoms with van der Waals surface area (Å²) in [6, 6.07) is 7.46. The molecule has 0 saturated heterocycles. The van der Waals surface area contributed by atoms with Gasteiger partial charge in [0.05, 0.1) is 4.92 Å². The molecule has 1 N–H and O–H groups in total. The van der Waals surface area contributed by atoms with Gasteiger partial charge in [-0.3, -0.25) is 14.9 Å². The summed E-state index contributed by atoms with van der Waals surface area (Å²) in [5.41, 5.74) is -0.721. The van der Waals surface area contributed by atoms with Gasteiger partial charge in [0, 0.05) is 22.5 Å². The van der Waals surface area contributed by atoms with E-state index in [0.717, 1.165) is 10.9 Å². The number of nitrogens with zero attached hydrogens (tertiary/aromatic N) is 1. The molecule has 9 heteroatoms. The van der Waals surface area contributed by atoms with Crippen LogP contribution < -0.4 is 5.32 Å². The Hall–Kier alpha value is -2.45. The fourth-order valence-corrected chi connectivity index (χ4v) is 2.74. The van der Waals surface area contributed by atoms with Gasteiger partial charge in [-0.1, -0.05) is 17.7 Å². The summed E-state index contributed by atoms with van der Waals surface area (Å²) in [5, 5.41) is 15.6. The molecule has 1 amide bonds. The average Bonchev–Trinajstić information content (AvgIpc) is 3.05. The Labute approximate surface area is 146 Å². The molecule has 1 aromatic carbocycles. The second kappa shape index (κ2) is 8.42. The molecule has 1 aromatic heterocycles. The molecule has 0 aliphatic heterocycles. The fraction of sp³-hybridized carbons (Fsp3) is 0.200. The van der Waals surface area contributed by atoms with Gasteiger partial charge < -0.3 is 10.1 Å². The van der Waals surface area contributed by atoms with Crippen LogP contribution in [0.25, 0.3) is 0 Å². The summed E-state index contributed by atoms with van der Waals surface area (Å²) in [7, 11) is 0. The first-order valence-electron chi connectivity index (χ1n) is 6.87. The van der Waals surface area contributed by atoms with Crippen LogP contribution in [-0.2, 0) is 16.0 Å². The lowest BCUT2D eigenvalue weighted by Crippen LogP contribution is -2.30. The molecule has 0 aliphatic rings. The van der Waals surface area contributed by atoms with E-state index in [1.54, 1.807) is 11.3 Å². The summed E-state index contributed by atoms with van der Waals surface area (Å²) in [6.07, 6.45) is 0.681. The smallest absolute Gasteiger partial charge is 0.345 e. The van der Waals surface area contributed by atoms with E-state index < -0.39 is 29.1 Å². The molecule has 0 bridgehead atoms. The normalized spacial score (nSPS) is 10.2. The second-order valence-electron chi connectivity index (χ2n) is 4.67. The zero-order valence-corrected chi connectivity index (χ0v) is 13.9. The number of halogens is 1. The first-order valence-corrected chi connectivity index (χ1v) is 8.13. The largest absolute Gasteiger partial charge is 0.452 e. The maximum absolute atomic E-state index is 11.9. The summed E-state index contributed by atoms with van der Waals surface area (Å²) in [6.45, 7) is -0.0962. The van der Waals surface area contributed by atoms with Crippen molar-refractivity contribution in [2.45, 2.75) is 6.42 Å². The molecular weight excluding hydrogens is 356 g/mol. The van der Waals surface area contributed by atoms with Crippen molar-refractivity contribution in [3.63, 3.8) is 0 Å². The number of nitro groups is 1. The number of ether oxygens (including phenoxy) is 1. The third-order valence-corrected chi connectivity index (χ3v) is 4.16. The van der Waals surface area contributed by atoms with Crippen LogP contribution in [0.15, 0.2) is 35.7 Å². The number of thiophene rings is 1. The predicted molar refractivity (Wildman–Crippen MR) is 89.4 cm³/mol. The lowest BCUT2D eigenvalue weighted by molar-refractivity contribution is -0.385. The van der Waals surface area contributed by atoms with Gasteiger partial charge in [-0.25, -0.2) is 4.79 Å². The number of esters is 1. The third-order valence-electron chi connectivity index (χ3n) is 2.98. The van der Waals surface area contributed by atoms with Gasteiger partial charge in [0.25, 0.3) is 11.6 Å². The zero-order valence-electron chi connectivity index (χ0n) is 12.4. The standard InChI is InChI=1S/C15H13ClN2O5S/c16-10-3-4-12(13(8-10)18(21)22)15(20)23-9-14(19)17-6-5-11-2-1-7-24-11/h1-4,7-8H,5-6,9H2,(H,17,19). The van der Waals surface area contributed by atoms with Gasteiger partial charge in [0.2, 0.25) is 0 Å². The molecule has 0 atom stereocenters. The number of benzene rings is 1. The number of nitrogens with one attached hydrogen (secondary N) is 1. The van der Waals surface area contributed by atoms with Crippen LogP contribution in [-0.4, -0.2) is 30.0 Å². The first-order chi connectivity index (χ1) is 11.5. The topological polar surface area (TPSA) is 98.5 Å². The van der Waals surface area contributed by atoms with Gasteiger partial charge in [0.15, 0.2) is 6.61 Å². The zero-order chi connectivity index (χ0) is 17.5. The summed E-state index contributed by atoms with van der Waals surface area (Å²) in [5.74, 6) is -1.43. The highest BCUT2D eigenvalue weighted by molar-refractivity contribution is 7.09. The summed E-state index contributed by atoms with van der Waals surface area (Å²) in [4.78, 5) is 34.9. The molecule has 2 aromatic rings. The van der Waals surface area contributed by atoms with E-state index in [1.807, 2.05) is 17.5 Å². The molecule has 0 spiro atoms. The molecule has 126 valence electrons. The highest BCUT2D eigenvalue weighted by atomic mass is 35.5. The van der Waals surface area contributed by atoms with Gasteiger partial charge in [-0.05, 0) is 30.0 Å². The van der Waals surface area contributed by atoms with Gasteiger partial charge in [-0.2, -0.15) is 0 Å². The molecule has 0 unspecified atom stereocenters. The van der Waals surface area contributed by atoms with Crippen LogP contribution in [0.4, 0.5) is 5.69 Å². The van der Waals surface area contributed by atoms with Crippen molar-refractivity contribution < 1.29 is 19.2 Å². The molecule has 7 nitrogen and oxygen atoms in total. The van der Waals surface area contributed by atoms with Crippen LogP contribution in [0.1, 0.15) is 15.2 Å². The van der Waals surface area contributed by atoms with Crippen molar-refractivity contribution in [2.75, 3.05) is 13.2 Å². The fourth-order valence-electron chi connectivity index (χ4n) is 1.87.